The molecule has 0 aromatic rings. The van der Waals surface area contributed by atoms with Gasteiger partial charge in [0, 0.05) is 12.5 Å². The zero-order valence-electron chi connectivity index (χ0n) is 16.3. The predicted octanol–water partition coefficient (Wildman–Crippen LogP) is 6.27. The molecule has 0 radical (unpaired) electrons. The first-order valence-electron chi connectivity index (χ1n) is 9.59. The van der Waals surface area contributed by atoms with Gasteiger partial charge in [0.05, 0.1) is 0 Å². The van der Waals surface area contributed by atoms with Crippen LogP contribution in [0.25, 0.3) is 0 Å². The van der Waals surface area contributed by atoms with Crippen molar-refractivity contribution < 1.29 is 9.22 Å². The third-order valence-corrected chi connectivity index (χ3v) is 11.9. The first kappa shape index (κ1) is 20.6. The minimum Gasteiger partial charge on any atom is -0.416 e. The average Bonchev–Trinajstić information content (AvgIpc) is 2.50. The van der Waals surface area contributed by atoms with Crippen molar-refractivity contribution in [1.82, 2.24) is 0 Å². The van der Waals surface area contributed by atoms with Crippen molar-refractivity contribution in [2.75, 3.05) is 6.61 Å². The standard InChI is InChI=1S/C20H38O2Si/c1-15(2)23(16(3)4,17(5)6)22-14-13-18(7)20(21)19-11-9-8-10-12-19/h15-17,19H,7-14H2,1-6H3. The monoisotopic (exact) mass is 338 g/mol. The van der Waals surface area contributed by atoms with Gasteiger partial charge in [-0.25, -0.2) is 0 Å². The molecular formula is C20H38O2Si. The van der Waals surface area contributed by atoms with Crippen LogP contribution in [-0.2, 0) is 9.22 Å². The summed E-state index contributed by atoms with van der Waals surface area (Å²) in [5.41, 5.74) is 2.55. The lowest BCUT2D eigenvalue weighted by Gasteiger charge is -2.42. The van der Waals surface area contributed by atoms with Crippen LogP contribution in [-0.4, -0.2) is 20.7 Å². The molecular weight excluding hydrogens is 300 g/mol. The number of carbonyl (C=O) groups excluding carboxylic acids is 1. The van der Waals surface area contributed by atoms with Crippen molar-refractivity contribution in [3.05, 3.63) is 12.2 Å². The Hall–Kier alpha value is -0.413. The summed E-state index contributed by atoms with van der Waals surface area (Å²) in [4.78, 5) is 12.5. The van der Waals surface area contributed by atoms with Gasteiger partial charge in [-0.1, -0.05) is 67.4 Å². The van der Waals surface area contributed by atoms with Crippen molar-refractivity contribution in [3.8, 4) is 0 Å². The van der Waals surface area contributed by atoms with E-state index in [1.165, 1.54) is 19.3 Å². The van der Waals surface area contributed by atoms with Crippen LogP contribution in [0.3, 0.4) is 0 Å². The van der Waals surface area contributed by atoms with Gasteiger partial charge in [-0.15, -0.1) is 0 Å². The molecule has 134 valence electrons. The van der Waals surface area contributed by atoms with Gasteiger partial charge in [-0.3, -0.25) is 4.79 Å². The molecule has 2 nitrogen and oxygen atoms in total. The molecule has 1 aliphatic rings. The Labute approximate surface area is 145 Å². The summed E-state index contributed by atoms with van der Waals surface area (Å²) in [5, 5.41) is 0. The van der Waals surface area contributed by atoms with Crippen LogP contribution < -0.4 is 0 Å². The van der Waals surface area contributed by atoms with E-state index in [2.05, 4.69) is 48.1 Å². The molecule has 0 amide bonds. The van der Waals surface area contributed by atoms with Gasteiger partial charge in [0.15, 0.2) is 14.1 Å². The third kappa shape index (κ3) is 5.03. The lowest BCUT2D eigenvalue weighted by molar-refractivity contribution is -0.120. The maximum Gasteiger partial charge on any atom is 0.200 e. The Bertz CT molecular complexity index is 371. The topological polar surface area (TPSA) is 26.3 Å². The second kappa shape index (κ2) is 9.17. The van der Waals surface area contributed by atoms with Crippen LogP contribution in [0, 0.1) is 5.92 Å². The molecule has 0 atom stereocenters. The summed E-state index contributed by atoms with van der Waals surface area (Å²) in [6.45, 7) is 18.5. The fourth-order valence-electron chi connectivity index (χ4n) is 4.63. The van der Waals surface area contributed by atoms with Gasteiger partial charge in [-0.2, -0.15) is 0 Å². The Kier molecular flexibility index (Phi) is 8.23. The number of hydrogen-bond acceptors (Lipinski definition) is 2. The summed E-state index contributed by atoms with van der Waals surface area (Å²) in [5.74, 6) is 0.540. The molecule has 0 heterocycles. The third-order valence-electron chi connectivity index (χ3n) is 5.79. The summed E-state index contributed by atoms with van der Waals surface area (Å²) in [7, 11) is -1.82. The molecule has 0 aromatic carbocycles. The second-order valence-corrected chi connectivity index (χ2v) is 13.7. The largest absolute Gasteiger partial charge is 0.416 e. The first-order valence-corrected chi connectivity index (χ1v) is 11.7. The number of carbonyl (C=O) groups is 1. The van der Waals surface area contributed by atoms with E-state index in [0.29, 0.717) is 35.4 Å². The van der Waals surface area contributed by atoms with Gasteiger partial charge in [0.25, 0.3) is 0 Å². The fraction of sp³-hybridized carbons (Fsp3) is 0.850. The highest BCUT2D eigenvalue weighted by atomic mass is 28.4. The zero-order valence-corrected chi connectivity index (χ0v) is 17.3. The van der Waals surface area contributed by atoms with Crippen LogP contribution in [0.2, 0.25) is 16.6 Å². The van der Waals surface area contributed by atoms with Crippen LogP contribution in [0.15, 0.2) is 12.2 Å². The molecule has 1 aliphatic carbocycles. The van der Waals surface area contributed by atoms with Crippen LogP contribution >= 0.6 is 0 Å². The van der Waals surface area contributed by atoms with Crippen LogP contribution in [0.5, 0.6) is 0 Å². The zero-order chi connectivity index (χ0) is 17.6. The molecule has 0 unspecified atom stereocenters. The molecule has 1 rings (SSSR count). The molecule has 3 heteroatoms. The Morgan fingerprint density at radius 2 is 1.48 bits per heavy atom. The van der Waals surface area contributed by atoms with Crippen molar-refractivity contribution in [2.24, 2.45) is 5.92 Å². The molecule has 0 N–H and O–H groups in total. The van der Waals surface area contributed by atoms with Gasteiger partial charge in [0.1, 0.15) is 0 Å². The average molecular weight is 339 g/mol. The molecule has 0 saturated heterocycles. The van der Waals surface area contributed by atoms with E-state index in [1.54, 1.807) is 0 Å². The van der Waals surface area contributed by atoms with E-state index in [-0.39, 0.29) is 5.92 Å². The minimum absolute atomic E-state index is 0.235. The van der Waals surface area contributed by atoms with E-state index in [0.717, 1.165) is 18.4 Å². The molecule has 23 heavy (non-hydrogen) atoms. The smallest absolute Gasteiger partial charge is 0.200 e. The highest BCUT2D eigenvalue weighted by molar-refractivity contribution is 6.77. The Morgan fingerprint density at radius 3 is 1.91 bits per heavy atom. The van der Waals surface area contributed by atoms with Crippen LogP contribution in [0.1, 0.15) is 80.1 Å². The number of hydrogen-bond donors (Lipinski definition) is 0. The fourth-order valence-corrected chi connectivity index (χ4v) is 10.1. The highest BCUT2D eigenvalue weighted by Gasteiger charge is 2.44. The van der Waals surface area contributed by atoms with Gasteiger partial charge < -0.3 is 4.43 Å². The van der Waals surface area contributed by atoms with Crippen molar-refractivity contribution in [1.29, 1.82) is 0 Å². The van der Waals surface area contributed by atoms with Crippen molar-refractivity contribution in [2.45, 2.75) is 96.7 Å². The summed E-state index contributed by atoms with van der Waals surface area (Å²) >= 11 is 0. The Balaban J connectivity index is 2.58. The van der Waals surface area contributed by atoms with Crippen molar-refractivity contribution in [3.63, 3.8) is 0 Å². The SMILES string of the molecule is C=C(CCO[Si](C(C)C)(C(C)C)C(C)C)C(=O)C1CCCCC1. The lowest BCUT2D eigenvalue weighted by Crippen LogP contribution is -2.48. The van der Waals surface area contributed by atoms with Crippen LogP contribution in [0.4, 0.5) is 0 Å². The maximum atomic E-state index is 12.5. The summed E-state index contributed by atoms with van der Waals surface area (Å²) in [6.07, 6.45) is 6.50. The van der Waals surface area contributed by atoms with E-state index >= 15 is 0 Å². The van der Waals surface area contributed by atoms with E-state index in [9.17, 15) is 4.79 Å². The molecule has 1 fully saturated rings. The number of ketones is 1. The number of rotatable bonds is 9. The molecule has 0 bridgehead atoms. The van der Waals surface area contributed by atoms with Gasteiger partial charge in [-0.05, 0) is 41.5 Å². The van der Waals surface area contributed by atoms with Gasteiger partial charge in [0.2, 0.25) is 0 Å². The summed E-state index contributed by atoms with van der Waals surface area (Å²) in [6, 6.07) is 0. The van der Waals surface area contributed by atoms with Crippen molar-refractivity contribution >= 4 is 14.1 Å². The summed E-state index contributed by atoms with van der Waals surface area (Å²) < 4.78 is 6.55. The van der Waals surface area contributed by atoms with E-state index < -0.39 is 8.32 Å². The van der Waals surface area contributed by atoms with E-state index in [1.807, 2.05) is 0 Å². The highest BCUT2D eigenvalue weighted by Crippen LogP contribution is 2.42. The normalized spacial score (nSPS) is 17.3. The maximum absolute atomic E-state index is 12.5. The second-order valence-electron chi connectivity index (χ2n) is 8.22. The molecule has 0 aromatic heterocycles. The Morgan fingerprint density at radius 1 is 1.00 bits per heavy atom. The molecule has 1 saturated carbocycles. The first-order chi connectivity index (χ1) is 10.7. The lowest BCUT2D eigenvalue weighted by atomic mass is 9.83. The number of Topliss-reactive ketones (excluding diaryl/α,β-unsaturated/α-hetero) is 1. The quantitative estimate of drug-likeness (QED) is 0.365. The van der Waals surface area contributed by atoms with Gasteiger partial charge >= 0.3 is 0 Å². The minimum atomic E-state index is -1.82. The molecule has 0 spiro atoms. The molecule has 0 aliphatic heterocycles. The van der Waals surface area contributed by atoms with E-state index in [4.69, 9.17) is 4.43 Å². The predicted molar refractivity (Wildman–Crippen MR) is 102 cm³/mol.